The first kappa shape index (κ1) is 24.2. The molecular weight excluding hydrogens is 575 g/mol. The number of hydrogen-bond acceptors (Lipinski definition) is 5. The van der Waals surface area contributed by atoms with Gasteiger partial charge in [0, 0.05) is 52.0 Å². The Morgan fingerprint density at radius 3 is 2.02 bits per heavy atom. The van der Waals surface area contributed by atoms with Gasteiger partial charge in [0.05, 0.1) is 11.2 Å². The van der Waals surface area contributed by atoms with Gasteiger partial charge in [-0.05, 0) is 40.4 Å². The van der Waals surface area contributed by atoms with E-state index in [1.165, 1.54) is 46.4 Å². The highest BCUT2D eigenvalue weighted by Gasteiger charge is 2.22. The number of para-hydroxylation sites is 1. The van der Waals surface area contributed by atoms with Gasteiger partial charge in [-0.25, -0.2) is 15.0 Å². The summed E-state index contributed by atoms with van der Waals surface area (Å²) in [7, 11) is 0. The summed E-state index contributed by atoms with van der Waals surface area (Å²) in [5.41, 5.74) is 3.80. The molecule has 5 heteroatoms. The smallest absolute Gasteiger partial charge is 0.180 e. The van der Waals surface area contributed by atoms with Crippen LogP contribution in [0.1, 0.15) is 0 Å². The SMILES string of the molecule is c1ccc2cc(-c3nc(-c4nc5ccccc5c5ccc6c7ccccc7sc6c45)nc4sc5ccccc5c34)ccc2c1. The standard InChI is InChI=1S/C39H21N3S2/c1-2-10-23-21-24(18-17-22(23)9-1)35-34-29-13-5-8-16-32(29)44-39(34)42-38(41-35)36-33-27(25-11-3-6-14-30(25)40-36)19-20-28-26-12-4-7-15-31(26)43-37(28)33/h1-21H. The van der Waals surface area contributed by atoms with Gasteiger partial charge in [-0.2, -0.15) is 0 Å². The van der Waals surface area contributed by atoms with Crippen molar-refractivity contribution >= 4 is 95.6 Å². The Morgan fingerprint density at radius 1 is 0.432 bits per heavy atom. The van der Waals surface area contributed by atoms with Crippen LogP contribution in [0, 0.1) is 0 Å². The maximum absolute atomic E-state index is 5.43. The summed E-state index contributed by atoms with van der Waals surface area (Å²) < 4.78 is 3.70. The minimum atomic E-state index is 0.660. The van der Waals surface area contributed by atoms with E-state index >= 15 is 0 Å². The molecule has 0 fully saturated rings. The first-order valence-electron chi connectivity index (χ1n) is 14.6. The van der Waals surface area contributed by atoms with Crippen LogP contribution in [0.15, 0.2) is 127 Å². The van der Waals surface area contributed by atoms with Crippen LogP contribution in [-0.2, 0) is 0 Å². The molecule has 0 aliphatic carbocycles. The van der Waals surface area contributed by atoms with Crippen LogP contribution in [-0.4, -0.2) is 15.0 Å². The third kappa shape index (κ3) is 3.45. The molecule has 0 atom stereocenters. The molecule has 3 nitrogen and oxygen atoms in total. The van der Waals surface area contributed by atoms with Crippen molar-refractivity contribution in [2.75, 3.05) is 0 Å². The van der Waals surface area contributed by atoms with E-state index in [0.717, 1.165) is 43.5 Å². The Labute approximate surface area is 259 Å². The number of pyridine rings is 1. The molecule has 0 spiro atoms. The minimum absolute atomic E-state index is 0.660. The van der Waals surface area contributed by atoms with Crippen molar-refractivity contribution < 1.29 is 0 Å². The maximum atomic E-state index is 5.43. The van der Waals surface area contributed by atoms with Crippen LogP contribution in [0.5, 0.6) is 0 Å². The molecule has 0 amide bonds. The second-order valence-corrected chi connectivity index (χ2v) is 13.3. The zero-order chi connectivity index (χ0) is 28.8. The molecule has 0 bridgehead atoms. The van der Waals surface area contributed by atoms with Crippen molar-refractivity contribution in [3.8, 4) is 22.8 Å². The van der Waals surface area contributed by atoms with E-state index in [1.807, 2.05) is 11.3 Å². The Balaban J connectivity index is 1.37. The van der Waals surface area contributed by atoms with Crippen LogP contribution in [0.3, 0.4) is 0 Å². The fourth-order valence-corrected chi connectivity index (χ4v) is 8.99. The van der Waals surface area contributed by atoms with Crippen molar-refractivity contribution in [3.05, 3.63) is 127 Å². The molecule has 0 unspecified atom stereocenters. The normalized spacial score (nSPS) is 12.1. The van der Waals surface area contributed by atoms with Gasteiger partial charge < -0.3 is 0 Å². The largest absolute Gasteiger partial charge is 0.244 e. The Morgan fingerprint density at radius 2 is 1.14 bits per heavy atom. The molecule has 0 saturated carbocycles. The second kappa shape index (κ2) is 9.13. The molecule has 0 aliphatic rings. The van der Waals surface area contributed by atoms with Gasteiger partial charge in [0.15, 0.2) is 5.82 Å². The van der Waals surface area contributed by atoms with Crippen molar-refractivity contribution in [1.29, 1.82) is 0 Å². The lowest BCUT2D eigenvalue weighted by Crippen LogP contribution is -1.97. The Kier molecular flexibility index (Phi) is 5.03. The van der Waals surface area contributed by atoms with E-state index in [4.69, 9.17) is 15.0 Å². The molecule has 0 radical (unpaired) electrons. The zero-order valence-corrected chi connectivity index (χ0v) is 24.9. The van der Waals surface area contributed by atoms with Crippen LogP contribution < -0.4 is 0 Å². The van der Waals surface area contributed by atoms with Gasteiger partial charge in [-0.3, -0.25) is 0 Å². The molecule has 0 saturated heterocycles. The average molecular weight is 596 g/mol. The van der Waals surface area contributed by atoms with Gasteiger partial charge >= 0.3 is 0 Å². The van der Waals surface area contributed by atoms with E-state index in [1.54, 1.807) is 11.3 Å². The quantitative estimate of drug-likeness (QED) is 0.187. The maximum Gasteiger partial charge on any atom is 0.180 e. The fourth-order valence-electron chi connectivity index (χ4n) is 6.66. The van der Waals surface area contributed by atoms with Crippen LogP contribution >= 0.6 is 22.7 Å². The molecule has 6 aromatic carbocycles. The molecule has 0 aliphatic heterocycles. The number of benzene rings is 6. The summed E-state index contributed by atoms with van der Waals surface area (Å²) >= 11 is 3.55. The number of hydrogen-bond donors (Lipinski definition) is 0. The highest BCUT2D eigenvalue weighted by Crippen LogP contribution is 2.45. The van der Waals surface area contributed by atoms with Crippen molar-refractivity contribution in [3.63, 3.8) is 0 Å². The zero-order valence-electron chi connectivity index (χ0n) is 23.3. The first-order chi connectivity index (χ1) is 21.8. The second-order valence-electron chi connectivity index (χ2n) is 11.2. The van der Waals surface area contributed by atoms with E-state index in [2.05, 4.69) is 127 Å². The third-order valence-electron chi connectivity index (χ3n) is 8.68. The van der Waals surface area contributed by atoms with Crippen molar-refractivity contribution in [1.82, 2.24) is 15.0 Å². The third-order valence-corrected chi connectivity index (χ3v) is 11.0. The number of aromatic nitrogens is 3. The Bertz CT molecular complexity index is 2790. The van der Waals surface area contributed by atoms with Gasteiger partial charge in [-0.1, -0.05) is 103 Å². The summed E-state index contributed by atoms with van der Waals surface area (Å²) in [6.45, 7) is 0. The van der Waals surface area contributed by atoms with E-state index in [-0.39, 0.29) is 0 Å². The van der Waals surface area contributed by atoms with Gasteiger partial charge in [0.2, 0.25) is 0 Å². The van der Waals surface area contributed by atoms with Crippen LogP contribution in [0.2, 0.25) is 0 Å². The summed E-state index contributed by atoms with van der Waals surface area (Å²) in [5, 5.41) is 10.6. The topological polar surface area (TPSA) is 38.7 Å². The highest BCUT2D eigenvalue weighted by molar-refractivity contribution is 7.27. The lowest BCUT2D eigenvalue weighted by molar-refractivity contribution is 1.22. The summed E-state index contributed by atoms with van der Waals surface area (Å²) in [6.07, 6.45) is 0. The molecule has 204 valence electrons. The van der Waals surface area contributed by atoms with Crippen LogP contribution in [0.4, 0.5) is 0 Å². The highest BCUT2D eigenvalue weighted by atomic mass is 32.1. The molecule has 10 rings (SSSR count). The first-order valence-corrected chi connectivity index (χ1v) is 16.2. The molecular formula is C39H21N3S2. The fraction of sp³-hybridized carbons (Fsp3) is 0. The molecule has 0 N–H and O–H groups in total. The monoisotopic (exact) mass is 595 g/mol. The number of rotatable bonds is 2. The van der Waals surface area contributed by atoms with Gasteiger partial charge in [0.1, 0.15) is 10.5 Å². The predicted octanol–water partition coefficient (Wildman–Crippen LogP) is 11.4. The lowest BCUT2D eigenvalue weighted by Gasteiger charge is -2.12. The number of nitrogens with zero attached hydrogens (tertiary/aromatic N) is 3. The molecule has 4 aromatic heterocycles. The van der Waals surface area contributed by atoms with E-state index in [9.17, 15) is 0 Å². The number of thiophene rings is 2. The molecule has 10 aromatic rings. The molecule has 4 heterocycles. The van der Waals surface area contributed by atoms with Crippen LogP contribution in [0.25, 0.3) is 95.7 Å². The predicted molar refractivity (Wildman–Crippen MR) is 189 cm³/mol. The van der Waals surface area contributed by atoms with Crippen molar-refractivity contribution in [2.24, 2.45) is 0 Å². The Hall–Kier alpha value is -5.23. The van der Waals surface area contributed by atoms with E-state index < -0.39 is 0 Å². The van der Waals surface area contributed by atoms with E-state index in [0.29, 0.717) is 5.82 Å². The average Bonchev–Trinajstić information content (AvgIpc) is 3.65. The summed E-state index contributed by atoms with van der Waals surface area (Å²) in [4.78, 5) is 17.0. The lowest BCUT2D eigenvalue weighted by atomic mass is 10.00. The van der Waals surface area contributed by atoms with Crippen molar-refractivity contribution in [2.45, 2.75) is 0 Å². The van der Waals surface area contributed by atoms with Gasteiger partial charge in [-0.15, -0.1) is 22.7 Å². The minimum Gasteiger partial charge on any atom is -0.244 e. The summed E-state index contributed by atoms with van der Waals surface area (Å²) in [5.74, 6) is 0.660. The van der Waals surface area contributed by atoms with Gasteiger partial charge in [0.25, 0.3) is 0 Å². The summed E-state index contributed by atoms with van der Waals surface area (Å²) in [6, 6.07) is 45.3. The number of fused-ring (bicyclic) bond motifs is 11. The molecule has 44 heavy (non-hydrogen) atoms.